The molecule has 0 spiro atoms. The van der Waals surface area contributed by atoms with Gasteiger partial charge in [0.05, 0.1) is 10.6 Å². The van der Waals surface area contributed by atoms with Crippen LogP contribution in [0.15, 0.2) is 66.7 Å². The van der Waals surface area contributed by atoms with Crippen LogP contribution in [0.1, 0.15) is 10.4 Å². The zero-order valence-electron chi connectivity index (χ0n) is 13.4. The standard InChI is InChI=1S/C18H14N4O3/c1-21(18(23)14-7-9-15(10-8-14)22(24)25)17-12-11-16(19-20-17)13-5-3-2-4-6-13/h2-12H,1H3. The molecular formula is C18H14N4O3. The maximum atomic E-state index is 12.5. The van der Waals surface area contributed by atoms with Crippen LogP contribution in [0, 0.1) is 10.1 Å². The van der Waals surface area contributed by atoms with Crippen molar-refractivity contribution < 1.29 is 9.72 Å². The number of amides is 1. The molecule has 0 aliphatic carbocycles. The average Bonchev–Trinajstić information content (AvgIpc) is 2.67. The molecular weight excluding hydrogens is 320 g/mol. The second kappa shape index (κ2) is 6.88. The molecule has 124 valence electrons. The fourth-order valence-electron chi connectivity index (χ4n) is 2.29. The third-order valence-corrected chi connectivity index (χ3v) is 3.69. The summed E-state index contributed by atoms with van der Waals surface area (Å²) in [6, 6.07) is 18.5. The van der Waals surface area contributed by atoms with E-state index < -0.39 is 4.92 Å². The number of benzene rings is 2. The fourth-order valence-corrected chi connectivity index (χ4v) is 2.29. The highest BCUT2D eigenvalue weighted by Crippen LogP contribution is 2.19. The number of nitro benzene ring substituents is 1. The number of aromatic nitrogens is 2. The van der Waals surface area contributed by atoms with Crippen LogP contribution in [0.25, 0.3) is 11.3 Å². The molecule has 25 heavy (non-hydrogen) atoms. The van der Waals surface area contributed by atoms with Gasteiger partial charge in [0, 0.05) is 30.3 Å². The van der Waals surface area contributed by atoms with Crippen LogP contribution >= 0.6 is 0 Å². The zero-order valence-corrected chi connectivity index (χ0v) is 13.4. The van der Waals surface area contributed by atoms with Crippen LogP contribution in [0.2, 0.25) is 0 Å². The maximum absolute atomic E-state index is 12.5. The Bertz CT molecular complexity index is 894. The van der Waals surface area contributed by atoms with E-state index in [2.05, 4.69) is 10.2 Å². The molecule has 0 atom stereocenters. The van der Waals surface area contributed by atoms with Crippen LogP contribution < -0.4 is 4.90 Å². The lowest BCUT2D eigenvalue weighted by Gasteiger charge is -2.15. The van der Waals surface area contributed by atoms with E-state index in [1.54, 1.807) is 19.2 Å². The highest BCUT2D eigenvalue weighted by molar-refractivity contribution is 6.05. The van der Waals surface area contributed by atoms with Crippen molar-refractivity contribution in [3.8, 4) is 11.3 Å². The van der Waals surface area contributed by atoms with Crippen LogP contribution in [0.5, 0.6) is 0 Å². The number of hydrogen-bond acceptors (Lipinski definition) is 5. The van der Waals surface area contributed by atoms with Gasteiger partial charge in [0.15, 0.2) is 5.82 Å². The minimum Gasteiger partial charge on any atom is -0.294 e. The van der Waals surface area contributed by atoms with E-state index in [1.165, 1.54) is 29.2 Å². The van der Waals surface area contributed by atoms with Gasteiger partial charge in [-0.1, -0.05) is 30.3 Å². The Labute approximate surface area is 143 Å². The highest BCUT2D eigenvalue weighted by Gasteiger charge is 2.16. The summed E-state index contributed by atoms with van der Waals surface area (Å²) in [4.78, 5) is 24.0. The van der Waals surface area contributed by atoms with Crippen LogP contribution in [0.3, 0.4) is 0 Å². The Kier molecular flexibility index (Phi) is 4.47. The first kappa shape index (κ1) is 16.3. The molecule has 0 N–H and O–H groups in total. The van der Waals surface area contributed by atoms with Crippen molar-refractivity contribution in [1.29, 1.82) is 0 Å². The SMILES string of the molecule is CN(C(=O)c1ccc([N+](=O)[O-])cc1)c1ccc(-c2ccccc2)nn1. The van der Waals surface area contributed by atoms with Gasteiger partial charge in [-0.2, -0.15) is 0 Å². The number of carbonyl (C=O) groups is 1. The molecule has 1 heterocycles. The third-order valence-electron chi connectivity index (χ3n) is 3.69. The summed E-state index contributed by atoms with van der Waals surface area (Å²) in [5.74, 6) is 0.0692. The molecule has 0 bridgehead atoms. The van der Waals surface area contributed by atoms with Gasteiger partial charge in [0.25, 0.3) is 11.6 Å². The fraction of sp³-hybridized carbons (Fsp3) is 0.0556. The Hall–Kier alpha value is -3.61. The van der Waals surface area contributed by atoms with Gasteiger partial charge in [-0.3, -0.25) is 19.8 Å². The van der Waals surface area contributed by atoms with Crippen molar-refractivity contribution in [2.45, 2.75) is 0 Å². The maximum Gasteiger partial charge on any atom is 0.269 e. The number of hydrogen-bond donors (Lipinski definition) is 0. The summed E-state index contributed by atoms with van der Waals surface area (Å²) in [7, 11) is 1.58. The molecule has 0 saturated heterocycles. The second-order valence-corrected chi connectivity index (χ2v) is 5.31. The molecule has 7 nitrogen and oxygen atoms in total. The Morgan fingerprint density at radius 2 is 1.64 bits per heavy atom. The van der Waals surface area contributed by atoms with Gasteiger partial charge in [-0.05, 0) is 24.3 Å². The van der Waals surface area contributed by atoms with Gasteiger partial charge in [-0.15, -0.1) is 10.2 Å². The summed E-state index contributed by atoms with van der Waals surface area (Å²) in [6.45, 7) is 0. The molecule has 3 rings (SSSR count). The summed E-state index contributed by atoms with van der Waals surface area (Å²) >= 11 is 0. The zero-order chi connectivity index (χ0) is 17.8. The number of carbonyl (C=O) groups excluding carboxylic acids is 1. The number of rotatable bonds is 4. The van der Waals surface area contributed by atoms with Crippen molar-refractivity contribution in [3.63, 3.8) is 0 Å². The third kappa shape index (κ3) is 3.50. The monoisotopic (exact) mass is 334 g/mol. The largest absolute Gasteiger partial charge is 0.294 e. The molecule has 0 unspecified atom stereocenters. The molecule has 0 fully saturated rings. The predicted molar refractivity (Wildman–Crippen MR) is 93.3 cm³/mol. The molecule has 0 aliphatic heterocycles. The van der Waals surface area contributed by atoms with Crippen molar-refractivity contribution in [2.24, 2.45) is 0 Å². The van der Waals surface area contributed by atoms with Gasteiger partial charge in [-0.25, -0.2) is 0 Å². The first-order chi connectivity index (χ1) is 12.1. The van der Waals surface area contributed by atoms with Crippen molar-refractivity contribution in [3.05, 3.63) is 82.4 Å². The van der Waals surface area contributed by atoms with E-state index in [0.29, 0.717) is 17.1 Å². The van der Waals surface area contributed by atoms with Crippen LogP contribution in [-0.2, 0) is 0 Å². The quantitative estimate of drug-likeness (QED) is 0.539. The van der Waals surface area contributed by atoms with E-state index in [9.17, 15) is 14.9 Å². The number of anilines is 1. The average molecular weight is 334 g/mol. The topological polar surface area (TPSA) is 89.2 Å². The number of non-ortho nitro benzene ring substituents is 1. The van der Waals surface area contributed by atoms with E-state index in [4.69, 9.17) is 0 Å². The summed E-state index contributed by atoms with van der Waals surface area (Å²) < 4.78 is 0. The Morgan fingerprint density at radius 1 is 0.960 bits per heavy atom. The first-order valence-electron chi connectivity index (χ1n) is 7.48. The van der Waals surface area contributed by atoms with E-state index in [-0.39, 0.29) is 11.6 Å². The van der Waals surface area contributed by atoms with Crippen LogP contribution in [-0.4, -0.2) is 28.1 Å². The Morgan fingerprint density at radius 3 is 2.20 bits per heavy atom. The van der Waals surface area contributed by atoms with E-state index >= 15 is 0 Å². The molecule has 3 aromatic rings. The lowest BCUT2D eigenvalue weighted by molar-refractivity contribution is -0.384. The second-order valence-electron chi connectivity index (χ2n) is 5.31. The first-order valence-corrected chi connectivity index (χ1v) is 7.48. The van der Waals surface area contributed by atoms with Crippen molar-refractivity contribution in [2.75, 3.05) is 11.9 Å². The van der Waals surface area contributed by atoms with Gasteiger partial charge < -0.3 is 0 Å². The number of nitro groups is 1. The minimum absolute atomic E-state index is 0.0637. The summed E-state index contributed by atoms with van der Waals surface area (Å²) in [5.41, 5.74) is 1.92. The molecule has 7 heteroatoms. The Balaban J connectivity index is 1.79. The molecule has 2 aromatic carbocycles. The lowest BCUT2D eigenvalue weighted by atomic mass is 10.1. The molecule has 1 aromatic heterocycles. The van der Waals surface area contributed by atoms with Crippen molar-refractivity contribution in [1.82, 2.24) is 10.2 Å². The lowest BCUT2D eigenvalue weighted by Crippen LogP contribution is -2.27. The smallest absolute Gasteiger partial charge is 0.269 e. The van der Waals surface area contributed by atoms with Gasteiger partial charge in [0.2, 0.25) is 0 Å². The molecule has 0 radical (unpaired) electrons. The highest BCUT2D eigenvalue weighted by atomic mass is 16.6. The summed E-state index contributed by atoms with van der Waals surface area (Å²) in [6.07, 6.45) is 0. The summed E-state index contributed by atoms with van der Waals surface area (Å²) in [5, 5.41) is 18.9. The predicted octanol–water partition coefficient (Wildman–Crippen LogP) is 3.33. The van der Waals surface area contributed by atoms with E-state index in [0.717, 1.165) is 5.56 Å². The molecule has 1 amide bonds. The van der Waals surface area contributed by atoms with Gasteiger partial charge >= 0.3 is 0 Å². The van der Waals surface area contributed by atoms with Crippen molar-refractivity contribution >= 4 is 17.4 Å². The van der Waals surface area contributed by atoms with E-state index in [1.807, 2.05) is 30.3 Å². The van der Waals surface area contributed by atoms with Crippen LogP contribution in [0.4, 0.5) is 11.5 Å². The van der Waals surface area contributed by atoms with Gasteiger partial charge in [0.1, 0.15) is 0 Å². The molecule has 0 saturated carbocycles. The minimum atomic E-state index is -0.508. The molecule has 0 aliphatic rings. The normalized spacial score (nSPS) is 10.3. The number of nitrogens with zero attached hydrogens (tertiary/aromatic N) is 4.